The SMILES string of the molecule is CCc1ccc(C2C[C@@H]3C(S(=O)(=O)c4ccc(C)cc4)C(c4ccc(CC)cc4)CC(=O)[C@@H]3CC2S(=O)(=O)c2ccc(C)cc2)cc1. The van der Waals surface area contributed by atoms with Gasteiger partial charge in [0.25, 0.3) is 0 Å². The van der Waals surface area contributed by atoms with E-state index in [0.29, 0.717) is 0 Å². The van der Waals surface area contributed by atoms with Crippen LogP contribution in [-0.4, -0.2) is 33.1 Å². The lowest BCUT2D eigenvalue weighted by atomic mass is 9.61. The maximum absolute atomic E-state index is 14.8. The van der Waals surface area contributed by atoms with Crippen molar-refractivity contribution in [2.75, 3.05) is 0 Å². The number of aryl methyl sites for hydroxylation is 4. The van der Waals surface area contributed by atoms with Crippen molar-refractivity contribution in [3.05, 3.63) is 130 Å². The van der Waals surface area contributed by atoms with Gasteiger partial charge in [0, 0.05) is 24.2 Å². The minimum Gasteiger partial charge on any atom is -0.299 e. The molecule has 2 saturated carbocycles. The molecule has 0 bridgehead atoms. The quantitative estimate of drug-likeness (QED) is 0.190. The van der Waals surface area contributed by atoms with Crippen molar-refractivity contribution in [1.82, 2.24) is 0 Å². The fourth-order valence-electron chi connectivity index (χ4n) is 7.95. The van der Waals surface area contributed by atoms with Crippen molar-refractivity contribution in [2.24, 2.45) is 11.8 Å². The summed E-state index contributed by atoms with van der Waals surface area (Å²) in [6.07, 6.45) is 2.16. The Labute approximate surface area is 280 Å². The standard InChI is InChI=1S/C40H44O5S2/c1-5-28-11-15-30(16-12-28)34-23-37-36(25-39(34)46(42,43)32-19-7-26(3)8-20-32)38(41)24-35(31-17-13-29(6-2)14-18-31)40(37)47(44,45)33-21-9-27(4)10-22-33/h7-22,34-37,39-40H,5-6,23-25H2,1-4H3/t34?,35?,36-,37+,39?,40?/m1/s1. The maximum Gasteiger partial charge on any atom is 0.182 e. The largest absolute Gasteiger partial charge is 0.299 e. The van der Waals surface area contributed by atoms with Crippen molar-refractivity contribution in [2.45, 2.75) is 91.9 Å². The summed E-state index contributed by atoms with van der Waals surface area (Å²) in [5, 5.41) is -1.73. The monoisotopic (exact) mass is 668 g/mol. The molecule has 7 heteroatoms. The summed E-state index contributed by atoms with van der Waals surface area (Å²) >= 11 is 0. The van der Waals surface area contributed by atoms with E-state index in [1.54, 1.807) is 36.4 Å². The summed E-state index contributed by atoms with van der Waals surface area (Å²) in [6, 6.07) is 29.9. The summed E-state index contributed by atoms with van der Waals surface area (Å²) in [5.74, 6) is -2.27. The molecule has 0 saturated heterocycles. The van der Waals surface area contributed by atoms with Crippen LogP contribution in [0.4, 0.5) is 0 Å². The van der Waals surface area contributed by atoms with Crippen LogP contribution in [-0.2, 0) is 37.3 Å². The van der Waals surface area contributed by atoms with Crippen LogP contribution < -0.4 is 0 Å². The Morgan fingerprint density at radius 1 is 0.553 bits per heavy atom. The van der Waals surface area contributed by atoms with E-state index >= 15 is 0 Å². The van der Waals surface area contributed by atoms with E-state index in [1.807, 2.05) is 74.5 Å². The molecule has 4 aromatic rings. The molecule has 5 nitrogen and oxygen atoms in total. The zero-order chi connectivity index (χ0) is 33.5. The Balaban J connectivity index is 1.50. The molecule has 0 spiro atoms. The van der Waals surface area contributed by atoms with Gasteiger partial charge in [-0.25, -0.2) is 16.8 Å². The van der Waals surface area contributed by atoms with Crippen LogP contribution in [0.3, 0.4) is 0 Å². The van der Waals surface area contributed by atoms with Gasteiger partial charge in [-0.1, -0.05) is 97.8 Å². The molecule has 0 aliphatic heterocycles. The van der Waals surface area contributed by atoms with Crippen molar-refractivity contribution in [3.63, 3.8) is 0 Å². The van der Waals surface area contributed by atoms with E-state index in [2.05, 4.69) is 13.8 Å². The van der Waals surface area contributed by atoms with E-state index in [9.17, 15) is 21.6 Å². The molecule has 0 N–H and O–H groups in total. The predicted octanol–water partition coefficient (Wildman–Crippen LogP) is 7.98. The van der Waals surface area contributed by atoms with Gasteiger partial charge in [0.05, 0.1) is 20.3 Å². The van der Waals surface area contributed by atoms with E-state index < -0.39 is 53.8 Å². The summed E-state index contributed by atoms with van der Waals surface area (Å²) < 4.78 is 58.5. The van der Waals surface area contributed by atoms with Gasteiger partial charge in [-0.3, -0.25) is 4.79 Å². The lowest BCUT2D eigenvalue weighted by molar-refractivity contribution is -0.128. The molecule has 47 heavy (non-hydrogen) atoms. The average Bonchev–Trinajstić information content (AvgIpc) is 3.08. The van der Waals surface area contributed by atoms with E-state index in [-0.39, 0.29) is 34.8 Å². The van der Waals surface area contributed by atoms with Gasteiger partial charge in [0.1, 0.15) is 5.78 Å². The molecular formula is C40H44O5S2. The van der Waals surface area contributed by atoms with Gasteiger partial charge in [-0.2, -0.15) is 0 Å². The normalized spacial score (nSPS) is 24.9. The van der Waals surface area contributed by atoms with Crippen LogP contribution >= 0.6 is 0 Å². The van der Waals surface area contributed by atoms with Gasteiger partial charge < -0.3 is 0 Å². The zero-order valence-electron chi connectivity index (χ0n) is 27.6. The van der Waals surface area contributed by atoms with Crippen molar-refractivity contribution < 1.29 is 21.6 Å². The Kier molecular flexibility index (Phi) is 9.34. The topological polar surface area (TPSA) is 85.3 Å². The molecule has 0 heterocycles. The first-order chi connectivity index (χ1) is 22.4. The van der Waals surface area contributed by atoms with Crippen molar-refractivity contribution in [3.8, 4) is 0 Å². The highest BCUT2D eigenvalue weighted by Gasteiger charge is 2.56. The van der Waals surface area contributed by atoms with Crippen molar-refractivity contribution >= 4 is 25.5 Å². The molecule has 0 aromatic heterocycles. The molecule has 6 rings (SSSR count). The minimum atomic E-state index is -3.91. The third-order valence-corrected chi connectivity index (χ3v) is 15.3. The van der Waals surface area contributed by atoms with E-state index in [0.717, 1.165) is 46.2 Å². The minimum absolute atomic E-state index is 0.0428. The second kappa shape index (κ2) is 13.2. The molecule has 0 amide bonds. The van der Waals surface area contributed by atoms with Crippen LogP contribution in [0, 0.1) is 25.7 Å². The second-order valence-corrected chi connectivity index (χ2v) is 17.8. The van der Waals surface area contributed by atoms with Gasteiger partial charge in [-0.15, -0.1) is 0 Å². The highest BCUT2D eigenvalue weighted by molar-refractivity contribution is 7.92. The lowest BCUT2D eigenvalue weighted by Crippen LogP contribution is -2.53. The molecule has 6 atom stereocenters. The first-order valence-electron chi connectivity index (χ1n) is 16.8. The number of ketones is 1. The molecule has 2 aliphatic rings. The van der Waals surface area contributed by atoms with E-state index in [4.69, 9.17) is 0 Å². The van der Waals surface area contributed by atoms with Crippen LogP contribution in [0.5, 0.6) is 0 Å². The predicted molar refractivity (Wildman–Crippen MR) is 187 cm³/mol. The molecule has 4 aromatic carbocycles. The average molecular weight is 669 g/mol. The molecular weight excluding hydrogens is 625 g/mol. The summed E-state index contributed by atoms with van der Waals surface area (Å²) in [4.78, 5) is 14.7. The third kappa shape index (κ3) is 6.37. The fraction of sp³-hybridized carbons (Fsp3) is 0.375. The van der Waals surface area contributed by atoms with Gasteiger partial charge in [0.15, 0.2) is 19.7 Å². The molecule has 0 radical (unpaired) electrons. The fourth-order valence-corrected chi connectivity index (χ4v) is 12.3. The van der Waals surface area contributed by atoms with E-state index in [1.165, 1.54) is 0 Å². The Hall–Kier alpha value is -3.55. The van der Waals surface area contributed by atoms with Gasteiger partial charge in [0.2, 0.25) is 0 Å². The van der Waals surface area contributed by atoms with Crippen LogP contribution in [0.25, 0.3) is 0 Å². The number of hydrogen-bond acceptors (Lipinski definition) is 5. The summed E-state index contributed by atoms with van der Waals surface area (Å²) in [6.45, 7) is 7.99. The molecule has 246 valence electrons. The number of carbonyl (C=O) groups excluding carboxylic acids is 1. The zero-order valence-corrected chi connectivity index (χ0v) is 29.2. The molecule has 2 fully saturated rings. The van der Waals surface area contributed by atoms with Gasteiger partial charge >= 0.3 is 0 Å². The van der Waals surface area contributed by atoms with Crippen LogP contribution in [0.2, 0.25) is 0 Å². The third-order valence-electron chi connectivity index (χ3n) is 10.7. The van der Waals surface area contributed by atoms with Crippen molar-refractivity contribution in [1.29, 1.82) is 0 Å². The van der Waals surface area contributed by atoms with Gasteiger partial charge in [-0.05, 0) is 92.0 Å². The van der Waals surface area contributed by atoms with Crippen LogP contribution in [0.15, 0.2) is 107 Å². The van der Waals surface area contributed by atoms with Crippen LogP contribution in [0.1, 0.15) is 78.3 Å². The smallest absolute Gasteiger partial charge is 0.182 e. The highest BCUT2D eigenvalue weighted by atomic mass is 32.2. The molecule has 4 unspecified atom stereocenters. The number of carbonyl (C=O) groups is 1. The summed E-state index contributed by atoms with van der Waals surface area (Å²) in [7, 11) is -7.76. The number of hydrogen-bond donors (Lipinski definition) is 0. The second-order valence-electron chi connectivity index (χ2n) is 13.5. The maximum atomic E-state index is 14.8. The molecule has 2 aliphatic carbocycles. The Morgan fingerprint density at radius 2 is 1.00 bits per heavy atom. The highest BCUT2D eigenvalue weighted by Crippen LogP contribution is 2.54. The number of benzene rings is 4. The first kappa shape index (κ1) is 33.4. The Morgan fingerprint density at radius 3 is 1.47 bits per heavy atom. The number of Topliss-reactive ketones (excluding diaryl/α,β-unsaturated/α-hetero) is 1. The summed E-state index contributed by atoms with van der Waals surface area (Å²) in [5.41, 5.74) is 5.92. The first-order valence-corrected chi connectivity index (χ1v) is 19.8. The Bertz CT molecular complexity index is 1940. The number of fused-ring (bicyclic) bond motifs is 1. The number of rotatable bonds is 8. The lowest BCUT2D eigenvalue weighted by Gasteiger charge is -2.48. The number of sulfone groups is 2.